The monoisotopic (exact) mass is 502 g/mol. The summed E-state index contributed by atoms with van der Waals surface area (Å²) in [6.45, 7) is 1.27. The molecule has 6 heteroatoms. The summed E-state index contributed by atoms with van der Waals surface area (Å²) < 4.78 is 0. The zero-order valence-electron chi connectivity index (χ0n) is 21.5. The van der Waals surface area contributed by atoms with Gasteiger partial charge in [-0.2, -0.15) is 0 Å². The summed E-state index contributed by atoms with van der Waals surface area (Å²) in [6, 6.07) is 33.0. The third-order valence-electron chi connectivity index (χ3n) is 6.36. The molecule has 3 N–H and O–H groups in total. The van der Waals surface area contributed by atoms with Crippen molar-refractivity contribution < 1.29 is 9.59 Å². The highest BCUT2D eigenvalue weighted by molar-refractivity contribution is 6.37. The molecular formula is C32H30N4O2. The SMILES string of the molecule is CN(C)Cc1ccc(NC(=C2C(=O)Nc3ccc(C(=O)NCc4ccccc4)cc32)c2ccccc2)cc1. The van der Waals surface area contributed by atoms with Crippen molar-refractivity contribution in [3.8, 4) is 0 Å². The fourth-order valence-corrected chi connectivity index (χ4v) is 4.52. The lowest BCUT2D eigenvalue weighted by Crippen LogP contribution is -2.22. The normalized spacial score (nSPS) is 13.6. The molecule has 1 heterocycles. The van der Waals surface area contributed by atoms with E-state index in [-0.39, 0.29) is 11.8 Å². The van der Waals surface area contributed by atoms with Crippen molar-refractivity contribution in [2.75, 3.05) is 24.7 Å². The smallest absolute Gasteiger partial charge is 0.258 e. The fourth-order valence-electron chi connectivity index (χ4n) is 4.52. The summed E-state index contributed by atoms with van der Waals surface area (Å²) in [7, 11) is 4.08. The van der Waals surface area contributed by atoms with E-state index in [1.165, 1.54) is 5.56 Å². The third-order valence-corrected chi connectivity index (χ3v) is 6.36. The molecule has 0 bridgehead atoms. The fraction of sp³-hybridized carbons (Fsp3) is 0.125. The van der Waals surface area contributed by atoms with Crippen LogP contribution in [0.1, 0.15) is 32.6 Å². The molecule has 2 amide bonds. The molecule has 0 aliphatic carbocycles. The van der Waals surface area contributed by atoms with Gasteiger partial charge in [0.1, 0.15) is 0 Å². The van der Waals surface area contributed by atoms with Gasteiger partial charge in [0.15, 0.2) is 0 Å². The standard InChI is InChI=1S/C32H30N4O2/c1-36(2)21-23-13-16-26(17-14-23)34-30(24-11-7-4-8-12-24)29-27-19-25(15-18-28(27)35-32(29)38)31(37)33-20-22-9-5-3-6-10-22/h3-19,34H,20-21H2,1-2H3,(H,33,37)(H,35,38). The number of hydrogen-bond acceptors (Lipinski definition) is 4. The summed E-state index contributed by atoms with van der Waals surface area (Å²) in [5.74, 6) is -0.404. The number of benzene rings is 4. The third kappa shape index (κ3) is 5.66. The Morgan fingerprint density at radius 2 is 1.47 bits per heavy atom. The predicted octanol–water partition coefficient (Wildman–Crippen LogP) is 5.61. The Bertz CT molecular complexity index is 1480. The summed E-state index contributed by atoms with van der Waals surface area (Å²) in [4.78, 5) is 28.4. The van der Waals surface area contributed by atoms with Gasteiger partial charge >= 0.3 is 0 Å². The minimum absolute atomic E-state index is 0.193. The number of carbonyl (C=O) groups excluding carboxylic acids is 2. The van der Waals surface area contributed by atoms with Gasteiger partial charge in [-0.3, -0.25) is 9.59 Å². The Balaban J connectivity index is 1.49. The highest BCUT2D eigenvalue weighted by Gasteiger charge is 2.29. The molecule has 5 rings (SSSR count). The van der Waals surface area contributed by atoms with Crippen LogP contribution in [0.5, 0.6) is 0 Å². The molecule has 38 heavy (non-hydrogen) atoms. The van der Waals surface area contributed by atoms with Crippen LogP contribution >= 0.6 is 0 Å². The molecule has 0 saturated heterocycles. The minimum atomic E-state index is -0.211. The van der Waals surface area contributed by atoms with E-state index in [1.54, 1.807) is 18.2 Å². The molecule has 4 aromatic carbocycles. The van der Waals surface area contributed by atoms with Gasteiger partial charge in [-0.25, -0.2) is 0 Å². The van der Waals surface area contributed by atoms with E-state index in [4.69, 9.17) is 0 Å². The van der Waals surface area contributed by atoms with Gasteiger partial charge in [-0.05, 0) is 61.1 Å². The number of hydrogen-bond donors (Lipinski definition) is 3. The maximum atomic E-state index is 13.3. The molecule has 0 spiro atoms. The number of carbonyl (C=O) groups is 2. The molecular weight excluding hydrogens is 472 g/mol. The number of nitrogens with zero attached hydrogens (tertiary/aromatic N) is 1. The van der Waals surface area contributed by atoms with Crippen LogP contribution in [-0.4, -0.2) is 30.8 Å². The zero-order chi connectivity index (χ0) is 26.5. The second-order valence-electron chi connectivity index (χ2n) is 9.56. The summed E-state index contributed by atoms with van der Waals surface area (Å²) >= 11 is 0. The quantitative estimate of drug-likeness (QED) is 0.274. The van der Waals surface area contributed by atoms with E-state index >= 15 is 0 Å². The van der Waals surface area contributed by atoms with Gasteiger partial charge in [-0.15, -0.1) is 0 Å². The highest BCUT2D eigenvalue weighted by atomic mass is 16.2. The first-order valence-corrected chi connectivity index (χ1v) is 12.6. The molecule has 0 unspecified atom stereocenters. The number of anilines is 2. The molecule has 0 saturated carbocycles. The van der Waals surface area contributed by atoms with E-state index in [9.17, 15) is 9.59 Å². The Kier molecular flexibility index (Phi) is 7.33. The first-order chi connectivity index (χ1) is 18.5. The number of fused-ring (bicyclic) bond motifs is 1. The lowest BCUT2D eigenvalue weighted by Gasteiger charge is -2.16. The van der Waals surface area contributed by atoms with E-state index < -0.39 is 0 Å². The Labute approximate surface area is 223 Å². The maximum absolute atomic E-state index is 13.3. The molecule has 0 radical (unpaired) electrons. The molecule has 0 atom stereocenters. The van der Waals surface area contributed by atoms with E-state index in [2.05, 4.69) is 33.0 Å². The van der Waals surface area contributed by atoms with Crippen molar-refractivity contribution in [1.82, 2.24) is 10.2 Å². The largest absolute Gasteiger partial charge is 0.354 e. The van der Waals surface area contributed by atoms with Gasteiger partial charge < -0.3 is 20.9 Å². The minimum Gasteiger partial charge on any atom is -0.354 e. The molecule has 1 aliphatic heterocycles. The highest BCUT2D eigenvalue weighted by Crippen LogP contribution is 2.38. The van der Waals surface area contributed by atoms with Gasteiger partial charge in [-0.1, -0.05) is 72.8 Å². The predicted molar refractivity (Wildman–Crippen MR) is 153 cm³/mol. The van der Waals surface area contributed by atoms with E-state index in [1.807, 2.05) is 86.9 Å². The van der Waals surface area contributed by atoms with Crippen molar-refractivity contribution in [3.63, 3.8) is 0 Å². The van der Waals surface area contributed by atoms with Crippen molar-refractivity contribution >= 4 is 34.5 Å². The van der Waals surface area contributed by atoms with Crippen LogP contribution in [0.15, 0.2) is 103 Å². The van der Waals surface area contributed by atoms with Gasteiger partial charge in [0.05, 0.1) is 11.3 Å². The first-order valence-electron chi connectivity index (χ1n) is 12.6. The Morgan fingerprint density at radius 3 is 2.16 bits per heavy atom. The van der Waals surface area contributed by atoms with Crippen LogP contribution in [0.25, 0.3) is 11.3 Å². The molecule has 6 nitrogen and oxygen atoms in total. The molecule has 190 valence electrons. The second-order valence-corrected chi connectivity index (χ2v) is 9.56. The van der Waals surface area contributed by atoms with Crippen LogP contribution in [0.2, 0.25) is 0 Å². The van der Waals surface area contributed by atoms with E-state index in [0.29, 0.717) is 34.6 Å². The van der Waals surface area contributed by atoms with Crippen molar-refractivity contribution in [2.24, 2.45) is 0 Å². The van der Waals surface area contributed by atoms with Gasteiger partial charge in [0.2, 0.25) is 0 Å². The summed E-state index contributed by atoms with van der Waals surface area (Å²) in [5, 5.41) is 9.43. The van der Waals surface area contributed by atoms with Gasteiger partial charge in [0, 0.05) is 35.6 Å². The van der Waals surface area contributed by atoms with Gasteiger partial charge in [0.25, 0.3) is 11.8 Å². The maximum Gasteiger partial charge on any atom is 0.258 e. The lowest BCUT2D eigenvalue weighted by molar-refractivity contribution is -0.110. The zero-order valence-corrected chi connectivity index (χ0v) is 21.5. The first kappa shape index (κ1) is 25.0. The second kappa shape index (κ2) is 11.2. The number of amides is 2. The van der Waals surface area contributed by atoms with Crippen LogP contribution in [0.3, 0.4) is 0 Å². The van der Waals surface area contributed by atoms with Crippen LogP contribution in [0, 0.1) is 0 Å². The van der Waals surface area contributed by atoms with E-state index in [0.717, 1.165) is 23.4 Å². The Morgan fingerprint density at radius 1 is 0.789 bits per heavy atom. The summed E-state index contributed by atoms with van der Waals surface area (Å²) in [6.07, 6.45) is 0. The van der Waals surface area contributed by atoms with Crippen molar-refractivity contribution in [1.29, 1.82) is 0 Å². The lowest BCUT2D eigenvalue weighted by atomic mass is 9.98. The average molecular weight is 503 g/mol. The summed E-state index contributed by atoms with van der Waals surface area (Å²) in [5.41, 5.74) is 7.02. The topological polar surface area (TPSA) is 73.5 Å². The van der Waals surface area contributed by atoms with Crippen LogP contribution < -0.4 is 16.0 Å². The van der Waals surface area contributed by atoms with Crippen molar-refractivity contribution in [2.45, 2.75) is 13.1 Å². The van der Waals surface area contributed by atoms with Crippen LogP contribution in [-0.2, 0) is 17.9 Å². The molecule has 0 aromatic heterocycles. The average Bonchev–Trinajstić information content (AvgIpc) is 3.26. The molecule has 4 aromatic rings. The number of rotatable bonds is 8. The molecule has 0 fully saturated rings. The molecule has 1 aliphatic rings. The Hall–Kier alpha value is -4.68. The van der Waals surface area contributed by atoms with Crippen LogP contribution in [0.4, 0.5) is 11.4 Å². The number of nitrogens with one attached hydrogen (secondary N) is 3. The van der Waals surface area contributed by atoms with Crippen molar-refractivity contribution in [3.05, 3.63) is 131 Å².